The molecule has 0 saturated carbocycles. The van der Waals surface area contributed by atoms with E-state index in [4.69, 9.17) is 15.0 Å². The molecule has 0 fully saturated rings. The van der Waals surface area contributed by atoms with Crippen molar-refractivity contribution in [3.8, 4) is 67.6 Å². The third kappa shape index (κ3) is 18.5. The summed E-state index contributed by atoms with van der Waals surface area (Å²) in [6, 6.07) is 59.6. The minimum atomic E-state index is 0.619. The molecule has 13 aromatic rings. The van der Waals surface area contributed by atoms with Gasteiger partial charge in [0.05, 0.1) is 29.3 Å². The Balaban J connectivity index is 0.738. The molecule has 6 nitrogen and oxygen atoms in total. The van der Waals surface area contributed by atoms with Crippen molar-refractivity contribution in [2.24, 2.45) is 0 Å². The van der Waals surface area contributed by atoms with Crippen LogP contribution in [-0.4, -0.2) is 28.7 Å². The van der Waals surface area contributed by atoms with Crippen LogP contribution in [-0.2, 0) is 19.6 Å². The number of fused-ring (bicyclic) bond motifs is 9. The number of hydrogen-bond donors (Lipinski definition) is 0. The van der Waals surface area contributed by atoms with Crippen LogP contribution in [0.5, 0.6) is 0 Å². The average molecular weight is 1400 g/mol. The Morgan fingerprint density at radius 2 is 0.490 bits per heavy atom. The van der Waals surface area contributed by atoms with Crippen molar-refractivity contribution in [1.82, 2.24) is 28.7 Å². The van der Waals surface area contributed by atoms with E-state index in [-0.39, 0.29) is 0 Å². The summed E-state index contributed by atoms with van der Waals surface area (Å²) in [6.07, 6.45) is 40.1. The van der Waals surface area contributed by atoms with Gasteiger partial charge in [-0.2, -0.15) is 0 Å². The lowest BCUT2D eigenvalue weighted by Gasteiger charge is -2.08. The van der Waals surface area contributed by atoms with Crippen molar-refractivity contribution in [3.63, 3.8) is 0 Å². The maximum absolute atomic E-state index is 5.24. The van der Waals surface area contributed by atoms with Crippen LogP contribution >= 0.6 is 34.0 Å². The normalized spacial score (nSPS) is 11.6. The van der Waals surface area contributed by atoms with Gasteiger partial charge in [0.2, 0.25) is 0 Å². The van der Waals surface area contributed by atoms with Crippen LogP contribution in [0.3, 0.4) is 0 Å². The fourth-order valence-corrected chi connectivity index (χ4v) is 17.5. The Kier molecular flexibility index (Phi) is 26.1. The van der Waals surface area contributed by atoms with Gasteiger partial charge in [-0.05, 0) is 128 Å². The predicted molar refractivity (Wildman–Crippen MR) is 442 cm³/mol. The molecule has 102 heavy (non-hydrogen) atoms. The van der Waals surface area contributed by atoms with Crippen molar-refractivity contribution in [2.45, 2.75) is 233 Å². The largest absolute Gasteiger partial charge is 0.340 e. The maximum Gasteiger partial charge on any atom is 0.174 e. The average Bonchev–Trinajstić information content (AvgIpc) is 1.63. The van der Waals surface area contributed by atoms with Gasteiger partial charge >= 0.3 is 0 Å². The van der Waals surface area contributed by atoms with Crippen molar-refractivity contribution in [3.05, 3.63) is 195 Å². The van der Waals surface area contributed by atoms with E-state index in [2.05, 4.69) is 234 Å². The smallest absolute Gasteiger partial charge is 0.174 e. The lowest BCUT2D eigenvalue weighted by atomic mass is 10.1. The lowest BCUT2D eigenvalue weighted by Crippen LogP contribution is -1.97. The number of aromatic nitrogens is 6. The fourth-order valence-electron chi connectivity index (χ4n) is 15.1. The Morgan fingerprint density at radius 1 is 0.245 bits per heavy atom. The van der Waals surface area contributed by atoms with Crippen LogP contribution in [0.2, 0.25) is 0 Å². The molecule has 0 N–H and O–H groups in total. The number of rotatable bonds is 36. The van der Waals surface area contributed by atoms with Gasteiger partial charge in [0, 0.05) is 102 Å². The van der Waals surface area contributed by atoms with E-state index in [9.17, 15) is 0 Å². The van der Waals surface area contributed by atoms with Gasteiger partial charge in [0.1, 0.15) is 0 Å². The molecule has 0 unspecified atom stereocenters. The van der Waals surface area contributed by atoms with Crippen LogP contribution in [0.25, 0.3) is 97.5 Å². The first-order chi connectivity index (χ1) is 50.5. The summed E-state index contributed by atoms with van der Waals surface area (Å²) >= 11 is 4.85. The van der Waals surface area contributed by atoms with E-state index in [1.807, 2.05) is 0 Å². The quantitative estimate of drug-likeness (QED) is 0.0290. The molecule has 0 bridgehead atoms. The van der Waals surface area contributed by atoms with Crippen LogP contribution in [0, 0.1) is 35.5 Å². The summed E-state index contributed by atoms with van der Waals surface area (Å²) in [5.41, 5.74) is 10.8. The second-order valence-electron chi connectivity index (χ2n) is 28.3. The highest BCUT2D eigenvalue weighted by molar-refractivity contribution is 7.16. The second kappa shape index (κ2) is 37.1. The SMILES string of the molecule is CCCCCCCCCCCCn1c2ccccc2c2cc(C#Cc3ccc(-c4nc(-c5ccc(C#Cc6ccc7c(c6)c6ccccc6n7CCCCCCCCCCCC)s5)nc(-c5ccc(C#Cc6ccc7c(c6)c6ccccc6n7CCCCCCCCCCCC)s5)n4)s3)ccc21. The Hall–Kier alpha value is -8.49. The first kappa shape index (κ1) is 71.9. The van der Waals surface area contributed by atoms with E-state index in [1.165, 1.54) is 258 Å². The lowest BCUT2D eigenvalue weighted by molar-refractivity contribution is 0.541. The molecule has 0 aliphatic carbocycles. The topological polar surface area (TPSA) is 53.5 Å². The summed E-state index contributed by atoms with van der Waals surface area (Å²) in [7, 11) is 0. The highest BCUT2D eigenvalue weighted by Crippen LogP contribution is 2.37. The van der Waals surface area contributed by atoms with E-state index in [0.29, 0.717) is 17.5 Å². The zero-order chi connectivity index (χ0) is 69.5. The van der Waals surface area contributed by atoms with Gasteiger partial charge in [-0.15, -0.1) is 34.0 Å². The molecule has 9 heteroatoms. The summed E-state index contributed by atoms with van der Waals surface area (Å²) in [5.74, 6) is 23.1. The van der Waals surface area contributed by atoms with Gasteiger partial charge in [-0.1, -0.05) is 284 Å². The third-order valence-corrected chi connectivity index (χ3v) is 23.6. The molecular weight excluding hydrogens is 1300 g/mol. The zero-order valence-corrected chi connectivity index (χ0v) is 63.3. The molecule has 7 aromatic heterocycles. The molecule has 7 heterocycles. The van der Waals surface area contributed by atoms with Crippen LogP contribution in [0.15, 0.2) is 164 Å². The molecular formula is C93H102N6S3. The van der Waals surface area contributed by atoms with Crippen molar-refractivity contribution in [1.29, 1.82) is 0 Å². The standard InChI is InChI=1S/C93H102N6S3/c1-4-7-10-13-16-19-22-25-28-37-64-97-82-43-34-31-40-76(82)79-67-70(49-58-85(79)97)46-52-73-55-61-88(100-73)91-94-92(89-62-56-74(101-89)53-47-71-50-59-86-80(68-71)77-41-32-35-44-83(77)98(86)65-38-29-26-23-20-17-14-11-8-5-2)96-93(95-91)90-63-57-75(102-90)54-48-72-51-60-87-81(69-72)78-42-33-36-45-84(78)99(87)66-39-30-27-24-21-18-15-12-9-6-3/h31-36,40-45,49-51,55-63,67-69H,4-30,37-39,64-66H2,1-3H3. The van der Waals surface area contributed by atoms with Crippen LogP contribution < -0.4 is 0 Å². The molecule has 0 atom stereocenters. The molecule has 0 radical (unpaired) electrons. The van der Waals surface area contributed by atoms with E-state index in [1.54, 1.807) is 34.0 Å². The van der Waals surface area contributed by atoms with E-state index in [0.717, 1.165) is 65.6 Å². The molecule has 6 aromatic carbocycles. The highest BCUT2D eigenvalue weighted by atomic mass is 32.1. The second-order valence-corrected chi connectivity index (χ2v) is 31.5. The molecule has 0 aliphatic rings. The molecule has 0 amide bonds. The van der Waals surface area contributed by atoms with Crippen molar-refractivity contribution < 1.29 is 0 Å². The first-order valence-corrected chi connectivity index (χ1v) is 41.6. The Labute approximate surface area is 619 Å². The van der Waals surface area contributed by atoms with Gasteiger partial charge < -0.3 is 13.7 Å². The summed E-state index contributed by atoms with van der Waals surface area (Å²) in [6.45, 7) is 9.98. The first-order valence-electron chi connectivity index (χ1n) is 39.2. The Bertz CT molecular complexity index is 4580. The van der Waals surface area contributed by atoms with Gasteiger partial charge in [0.15, 0.2) is 17.5 Å². The molecule has 0 spiro atoms. The van der Waals surface area contributed by atoms with Gasteiger partial charge in [-0.25, -0.2) is 15.0 Å². The van der Waals surface area contributed by atoms with Crippen molar-refractivity contribution >= 4 is 99.4 Å². The predicted octanol–water partition coefficient (Wildman–Crippen LogP) is 27.3. The summed E-state index contributed by atoms with van der Waals surface area (Å²) < 4.78 is 7.60. The number of unbranched alkanes of at least 4 members (excludes halogenated alkanes) is 27. The van der Waals surface area contributed by atoms with E-state index < -0.39 is 0 Å². The van der Waals surface area contributed by atoms with Crippen molar-refractivity contribution in [2.75, 3.05) is 0 Å². The number of benzene rings is 6. The molecule has 13 rings (SSSR count). The summed E-state index contributed by atoms with van der Waals surface area (Å²) in [5, 5.41) is 7.65. The van der Waals surface area contributed by atoms with Gasteiger partial charge in [-0.3, -0.25) is 0 Å². The van der Waals surface area contributed by atoms with Crippen LogP contribution in [0.1, 0.15) is 245 Å². The number of nitrogens with zero attached hydrogens (tertiary/aromatic N) is 6. The van der Waals surface area contributed by atoms with Crippen LogP contribution in [0.4, 0.5) is 0 Å². The maximum atomic E-state index is 5.24. The zero-order valence-electron chi connectivity index (χ0n) is 60.8. The minimum absolute atomic E-state index is 0.619. The van der Waals surface area contributed by atoms with E-state index >= 15 is 0 Å². The number of hydrogen-bond acceptors (Lipinski definition) is 6. The molecule has 522 valence electrons. The highest BCUT2D eigenvalue weighted by Gasteiger charge is 2.19. The summed E-state index contributed by atoms with van der Waals surface area (Å²) in [4.78, 5) is 21.4. The van der Waals surface area contributed by atoms with Gasteiger partial charge in [0.25, 0.3) is 0 Å². The monoisotopic (exact) mass is 1400 g/mol. The molecule has 0 aliphatic heterocycles. The number of para-hydroxylation sites is 3. The Morgan fingerprint density at radius 3 is 0.765 bits per heavy atom. The molecule has 0 saturated heterocycles. The minimum Gasteiger partial charge on any atom is -0.340 e. The number of thiophene rings is 3. The third-order valence-electron chi connectivity index (χ3n) is 20.6. The number of aryl methyl sites for hydroxylation is 3. The fraction of sp³-hybridized carbons (Fsp3) is 0.387.